The Kier molecular flexibility index (Phi) is 4.12. The third kappa shape index (κ3) is 2.70. The van der Waals surface area contributed by atoms with Gasteiger partial charge in [-0.15, -0.1) is 0 Å². The van der Waals surface area contributed by atoms with Crippen LogP contribution in [0.3, 0.4) is 0 Å². The van der Waals surface area contributed by atoms with Crippen molar-refractivity contribution in [1.29, 1.82) is 0 Å². The van der Waals surface area contributed by atoms with Crippen molar-refractivity contribution in [2.75, 3.05) is 11.9 Å². The monoisotopic (exact) mass is 290 g/mol. The molecule has 22 heavy (non-hydrogen) atoms. The number of rotatable bonds is 4. The summed E-state index contributed by atoms with van der Waals surface area (Å²) in [4.78, 5) is 0. The summed E-state index contributed by atoms with van der Waals surface area (Å²) in [6.07, 6.45) is 9.56. The van der Waals surface area contributed by atoms with Crippen molar-refractivity contribution < 1.29 is 0 Å². The predicted molar refractivity (Wildman–Crippen MR) is 94.5 cm³/mol. The van der Waals surface area contributed by atoms with E-state index in [0.29, 0.717) is 6.54 Å². The lowest BCUT2D eigenvalue weighted by Gasteiger charge is -2.33. The fourth-order valence-electron chi connectivity index (χ4n) is 3.04. The Hall–Kier alpha value is -2.32. The van der Waals surface area contributed by atoms with Crippen molar-refractivity contribution in [2.24, 2.45) is 5.73 Å². The van der Waals surface area contributed by atoms with Crippen molar-refractivity contribution in [2.45, 2.75) is 18.8 Å². The number of anilines is 2. The van der Waals surface area contributed by atoms with Crippen LogP contribution in [0.5, 0.6) is 0 Å². The Labute approximate surface area is 132 Å². The normalized spacial score (nSPS) is 20.1. The first kappa shape index (κ1) is 14.6. The first-order chi connectivity index (χ1) is 10.7. The van der Waals surface area contributed by atoms with Crippen molar-refractivity contribution in [1.82, 2.24) is 0 Å². The lowest BCUT2D eigenvalue weighted by atomic mass is 9.74. The SMILES string of the molecule is Cc1cccc(C2(CN)C=CC=CC2)c1Nc1ccccc1. The van der Waals surface area contributed by atoms with E-state index in [-0.39, 0.29) is 5.41 Å². The van der Waals surface area contributed by atoms with E-state index in [2.05, 4.69) is 66.9 Å². The number of para-hydroxylation sites is 2. The highest BCUT2D eigenvalue weighted by Gasteiger charge is 2.30. The van der Waals surface area contributed by atoms with Gasteiger partial charge in [-0.25, -0.2) is 0 Å². The molecule has 2 nitrogen and oxygen atoms in total. The summed E-state index contributed by atoms with van der Waals surface area (Å²) in [5, 5.41) is 3.58. The van der Waals surface area contributed by atoms with Crippen LogP contribution in [0.1, 0.15) is 17.5 Å². The lowest BCUT2D eigenvalue weighted by molar-refractivity contribution is 0.551. The number of allylic oxidation sites excluding steroid dienone is 3. The van der Waals surface area contributed by atoms with Crippen LogP contribution >= 0.6 is 0 Å². The Balaban J connectivity index is 2.07. The Bertz CT molecular complexity index is 701. The van der Waals surface area contributed by atoms with Gasteiger partial charge in [0.05, 0.1) is 0 Å². The van der Waals surface area contributed by atoms with Crippen LogP contribution in [-0.2, 0) is 5.41 Å². The molecule has 1 unspecified atom stereocenters. The molecule has 2 aromatic carbocycles. The molecule has 0 saturated carbocycles. The zero-order valence-electron chi connectivity index (χ0n) is 12.9. The number of hydrogen-bond acceptors (Lipinski definition) is 2. The molecule has 2 heteroatoms. The smallest absolute Gasteiger partial charge is 0.0456 e. The standard InChI is InChI=1S/C20H22N2/c1-16-9-8-12-18(20(15-21)13-6-3-7-14-20)19(16)22-17-10-4-2-5-11-17/h2-13,22H,14-15,21H2,1H3. The molecule has 1 aliphatic carbocycles. The Morgan fingerprint density at radius 3 is 2.55 bits per heavy atom. The second-order valence-corrected chi connectivity index (χ2v) is 5.84. The van der Waals surface area contributed by atoms with E-state index in [4.69, 9.17) is 5.73 Å². The summed E-state index contributed by atoms with van der Waals surface area (Å²) >= 11 is 0. The molecule has 0 bridgehead atoms. The van der Waals surface area contributed by atoms with Gasteiger partial charge in [0, 0.05) is 23.3 Å². The van der Waals surface area contributed by atoms with Gasteiger partial charge in [-0.1, -0.05) is 60.7 Å². The maximum atomic E-state index is 6.17. The van der Waals surface area contributed by atoms with E-state index >= 15 is 0 Å². The molecule has 0 aromatic heterocycles. The fraction of sp³-hybridized carbons (Fsp3) is 0.200. The van der Waals surface area contributed by atoms with E-state index in [0.717, 1.165) is 12.1 Å². The van der Waals surface area contributed by atoms with Crippen LogP contribution in [0, 0.1) is 6.92 Å². The second kappa shape index (κ2) is 6.20. The van der Waals surface area contributed by atoms with Crippen molar-refractivity contribution in [3.63, 3.8) is 0 Å². The summed E-state index contributed by atoms with van der Waals surface area (Å²) < 4.78 is 0. The van der Waals surface area contributed by atoms with E-state index in [1.54, 1.807) is 0 Å². The molecule has 0 fully saturated rings. The third-order valence-corrected chi connectivity index (χ3v) is 4.36. The lowest BCUT2D eigenvalue weighted by Crippen LogP contribution is -2.34. The topological polar surface area (TPSA) is 38.0 Å². The second-order valence-electron chi connectivity index (χ2n) is 5.84. The highest BCUT2D eigenvalue weighted by atomic mass is 14.9. The number of benzene rings is 2. The molecule has 0 amide bonds. The molecular weight excluding hydrogens is 268 g/mol. The summed E-state index contributed by atoms with van der Waals surface area (Å²) in [7, 11) is 0. The average molecular weight is 290 g/mol. The average Bonchev–Trinajstić information content (AvgIpc) is 2.58. The molecule has 0 saturated heterocycles. The molecule has 0 aliphatic heterocycles. The highest BCUT2D eigenvalue weighted by Crippen LogP contribution is 2.38. The molecular formula is C20H22N2. The quantitative estimate of drug-likeness (QED) is 0.873. The fourth-order valence-corrected chi connectivity index (χ4v) is 3.04. The maximum Gasteiger partial charge on any atom is 0.0456 e. The first-order valence-electron chi connectivity index (χ1n) is 7.72. The van der Waals surface area contributed by atoms with Crippen LogP contribution in [0.4, 0.5) is 11.4 Å². The minimum Gasteiger partial charge on any atom is -0.355 e. The van der Waals surface area contributed by atoms with E-state index < -0.39 is 0 Å². The van der Waals surface area contributed by atoms with Gasteiger partial charge in [0.2, 0.25) is 0 Å². The maximum absolute atomic E-state index is 6.17. The molecule has 0 heterocycles. The van der Waals surface area contributed by atoms with Crippen LogP contribution < -0.4 is 11.1 Å². The van der Waals surface area contributed by atoms with Crippen LogP contribution in [0.2, 0.25) is 0 Å². The van der Waals surface area contributed by atoms with E-state index in [1.807, 2.05) is 18.2 Å². The largest absolute Gasteiger partial charge is 0.355 e. The molecule has 3 N–H and O–H groups in total. The van der Waals surface area contributed by atoms with Crippen molar-refractivity contribution >= 4 is 11.4 Å². The highest BCUT2D eigenvalue weighted by molar-refractivity contribution is 5.69. The molecule has 2 aromatic rings. The van der Waals surface area contributed by atoms with Gasteiger partial charge in [-0.05, 0) is 36.6 Å². The number of nitrogens with one attached hydrogen (secondary N) is 1. The first-order valence-corrected chi connectivity index (χ1v) is 7.72. The summed E-state index contributed by atoms with van der Waals surface area (Å²) in [6.45, 7) is 2.74. The van der Waals surface area contributed by atoms with Gasteiger partial charge in [0.1, 0.15) is 0 Å². The predicted octanol–water partition coefficient (Wildman–Crippen LogP) is 4.45. The minimum absolute atomic E-state index is 0.127. The summed E-state index contributed by atoms with van der Waals surface area (Å²) in [5.41, 5.74) is 10.8. The van der Waals surface area contributed by atoms with Gasteiger partial charge in [0.15, 0.2) is 0 Å². The number of nitrogens with two attached hydrogens (primary N) is 1. The van der Waals surface area contributed by atoms with E-state index in [1.165, 1.54) is 16.8 Å². The van der Waals surface area contributed by atoms with Gasteiger partial charge >= 0.3 is 0 Å². The Morgan fingerprint density at radius 2 is 1.86 bits per heavy atom. The van der Waals surface area contributed by atoms with Gasteiger partial charge in [-0.2, -0.15) is 0 Å². The molecule has 1 aliphatic rings. The molecule has 112 valence electrons. The van der Waals surface area contributed by atoms with Crippen LogP contribution in [0.15, 0.2) is 72.8 Å². The molecule has 1 atom stereocenters. The number of hydrogen-bond donors (Lipinski definition) is 2. The summed E-state index contributed by atoms with van der Waals surface area (Å²) in [6, 6.07) is 16.7. The molecule has 3 rings (SSSR count). The van der Waals surface area contributed by atoms with Gasteiger partial charge < -0.3 is 11.1 Å². The van der Waals surface area contributed by atoms with Crippen LogP contribution in [-0.4, -0.2) is 6.54 Å². The van der Waals surface area contributed by atoms with Crippen molar-refractivity contribution in [3.8, 4) is 0 Å². The van der Waals surface area contributed by atoms with E-state index in [9.17, 15) is 0 Å². The third-order valence-electron chi connectivity index (χ3n) is 4.36. The summed E-state index contributed by atoms with van der Waals surface area (Å²) in [5.74, 6) is 0. The van der Waals surface area contributed by atoms with Crippen molar-refractivity contribution in [3.05, 3.63) is 84.0 Å². The number of aryl methyl sites for hydroxylation is 1. The molecule has 0 radical (unpaired) electrons. The zero-order valence-corrected chi connectivity index (χ0v) is 12.9. The van der Waals surface area contributed by atoms with Gasteiger partial charge in [-0.3, -0.25) is 0 Å². The Morgan fingerprint density at radius 1 is 1.05 bits per heavy atom. The molecule has 0 spiro atoms. The van der Waals surface area contributed by atoms with Gasteiger partial charge in [0.25, 0.3) is 0 Å². The minimum atomic E-state index is -0.127. The zero-order chi connectivity index (χ0) is 15.4. The van der Waals surface area contributed by atoms with Crippen LogP contribution in [0.25, 0.3) is 0 Å².